The number of halogens is 3. The van der Waals surface area contributed by atoms with Gasteiger partial charge in [0.25, 0.3) is 0 Å². The fourth-order valence-corrected chi connectivity index (χ4v) is 1.76. The Bertz CT molecular complexity index is 580. The van der Waals surface area contributed by atoms with Crippen LogP contribution in [0.3, 0.4) is 0 Å². The maximum Gasteiger partial charge on any atom is 0.416 e. The number of nitrogens with one attached hydrogen (secondary N) is 1. The van der Waals surface area contributed by atoms with Gasteiger partial charge in [-0.3, -0.25) is 0 Å². The first kappa shape index (κ1) is 14.5. The molecule has 0 amide bonds. The Hall–Kier alpha value is -1.89. The third-order valence-corrected chi connectivity index (χ3v) is 2.77. The molecule has 20 heavy (non-hydrogen) atoms. The molecule has 0 saturated heterocycles. The van der Waals surface area contributed by atoms with Gasteiger partial charge in [0.2, 0.25) is 11.7 Å². The van der Waals surface area contributed by atoms with E-state index >= 15 is 0 Å². The van der Waals surface area contributed by atoms with Crippen molar-refractivity contribution in [2.45, 2.75) is 26.1 Å². The lowest BCUT2D eigenvalue weighted by Crippen LogP contribution is -2.17. The van der Waals surface area contributed by atoms with E-state index in [-0.39, 0.29) is 17.4 Å². The molecule has 0 aliphatic rings. The van der Waals surface area contributed by atoms with Crippen molar-refractivity contribution in [2.75, 3.05) is 6.54 Å². The monoisotopic (exact) mass is 285 g/mol. The van der Waals surface area contributed by atoms with Crippen LogP contribution in [0.25, 0.3) is 11.4 Å². The third kappa shape index (κ3) is 3.16. The summed E-state index contributed by atoms with van der Waals surface area (Å²) in [6.07, 6.45) is -4.39. The van der Waals surface area contributed by atoms with Crippen LogP contribution in [0, 0.1) is 0 Å². The second-order valence-corrected chi connectivity index (χ2v) is 4.31. The predicted molar refractivity (Wildman–Crippen MR) is 66.8 cm³/mol. The van der Waals surface area contributed by atoms with Gasteiger partial charge in [0.15, 0.2) is 0 Å². The van der Waals surface area contributed by atoms with Gasteiger partial charge >= 0.3 is 6.18 Å². The van der Waals surface area contributed by atoms with Gasteiger partial charge in [-0.25, -0.2) is 0 Å². The first-order valence-corrected chi connectivity index (χ1v) is 6.16. The van der Waals surface area contributed by atoms with Gasteiger partial charge in [0.1, 0.15) is 0 Å². The van der Waals surface area contributed by atoms with Crippen molar-refractivity contribution in [3.8, 4) is 11.4 Å². The molecule has 1 unspecified atom stereocenters. The zero-order valence-electron chi connectivity index (χ0n) is 11.0. The molecular formula is C13H14F3N3O. The lowest BCUT2D eigenvalue weighted by atomic mass is 10.1. The summed E-state index contributed by atoms with van der Waals surface area (Å²) in [5.74, 6) is 0.495. The highest BCUT2D eigenvalue weighted by Gasteiger charge is 2.30. The summed E-state index contributed by atoms with van der Waals surface area (Å²) in [5, 5.41) is 6.81. The molecule has 0 spiro atoms. The van der Waals surface area contributed by atoms with Crippen LogP contribution in [0.2, 0.25) is 0 Å². The molecule has 1 aromatic carbocycles. The van der Waals surface area contributed by atoms with Gasteiger partial charge in [-0.2, -0.15) is 18.2 Å². The van der Waals surface area contributed by atoms with E-state index in [2.05, 4.69) is 15.5 Å². The average Bonchev–Trinajstić information content (AvgIpc) is 2.88. The highest BCUT2D eigenvalue weighted by molar-refractivity contribution is 5.55. The van der Waals surface area contributed by atoms with Crippen LogP contribution in [0.15, 0.2) is 28.8 Å². The van der Waals surface area contributed by atoms with Gasteiger partial charge in [-0.1, -0.05) is 24.2 Å². The minimum absolute atomic E-state index is 0.146. The predicted octanol–water partition coefficient (Wildman–Crippen LogP) is 3.43. The van der Waals surface area contributed by atoms with Gasteiger partial charge in [0, 0.05) is 5.56 Å². The molecule has 0 aliphatic carbocycles. The van der Waals surface area contributed by atoms with E-state index in [4.69, 9.17) is 4.52 Å². The second-order valence-electron chi connectivity index (χ2n) is 4.31. The summed E-state index contributed by atoms with van der Waals surface area (Å²) in [6, 6.07) is 4.70. The lowest BCUT2D eigenvalue weighted by Gasteiger charge is -2.07. The van der Waals surface area contributed by atoms with Crippen molar-refractivity contribution in [3.05, 3.63) is 35.7 Å². The van der Waals surface area contributed by atoms with Crippen LogP contribution in [-0.2, 0) is 6.18 Å². The molecule has 2 aromatic rings. The molecule has 2 rings (SSSR count). The molecular weight excluding hydrogens is 271 g/mol. The van der Waals surface area contributed by atoms with Crippen molar-refractivity contribution in [2.24, 2.45) is 0 Å². The topological polar surface area (TPSA) is 51.0 Å². The average molecular weight is 285 g/mol. The van der Waals surface area contributed by atoms with Crippen LogP contribution in [0.1, 0.15) is 31.3 Å². The summed E-state index contributed by atoms with van der Waals surface area (Å²) < 4.78 is 43.0. The fraction of sp³-hybridized carbons (Fsp3) is 0.385. The molecule has 4 nitrogen and oxygen atoms in total. The van der Waals surface area contributed by atoms with Crippen LogP contribution in [0.5, 0.6) is 0 Å². The maximum absolute atomic E-state index is 12.6. The third-order valence-electron chi connectivity index (χ3n) is 2.77. The van der Waals surface area contributed by atoms with Crippen molar-refractivity contribution < 1.29 is 17.7 Å². The second kappa shape index (κ2) is 5.62. The lowest BCUT2D eigenvalue weighted by molar-refractivity contribution is -0.137. The number of hydrogen-bond acceptors (Lipinski definition) is 4. The zero-order valence-corrected chi connectivity index (χ0v) is 11.0. The Kier molecular flexibility index (Phi) is 4.08. The van der Waals surface area contributed by atoms with E-state index in [0.717, 1.165) is 18.7 Å². The molecule has 1 aromatic heterocycles. The number of benzene rings is 1. The molecule has 0 fully saturated rings. The number of rotatable bonds is 4. The Morgan fingerprint density at radius 2 is 2.10 bits per heavy atom. The highest BCUT2D eigenvalue weighted by Crippen LogP contribution is 2.31. The Labute approximate surface area is 114 Å². The highest BCUT2D eigenvalue weighted by atomic mass is 19.4. The number of hydrogen-bond donors (Lipinski definition) is 1. The van der Waals surface area contributed by atoms with Crippen LogP contribution in [-0.4, -0.2) is 16.7 Å². The minimum Gasteiger partial charge on any atom is -0.337 e. The molecule has 1 atom stereocenters. The summed E-state index contributed by atoms with van der Waals surface area (Å²) in [7, 11) is 0. The number of nitrogens with zero attached hydrogens (tertiary/aromatic N) is 2. The van der Waals surface area contributed by atoms with Crippen molar-refractivity contribution in [1.82, 2.24) is 15.5 Å². The maximum atomic E-state index is 12.6. The minimum atomic E-state index is -4.39. The molecule has 0 radical (unpaired) electrons. The van der Waals surface area contributed by atoms with Crippen molar-refractivity contribution >= 4 is 0 Å². The largest absolute Gasteiger partial charge is 0.416 e. The van der Waals surface area contributed by atoms with E-state index < -0.39 is 11.7 Å². The summed E-state index contributed by atoms with van der Waals surface area (Å²) in [4.78, 5) is 4.11. The quantitative estimate of drug-likeness (QED) is 0.935. The molecule has 0 saturated carbocycles. The van der Waals surface area contributed by atoms with E-state index in [1.165, 1.54) is 12.1 Å². The Morgan fingerprint density at radius 1 is 1.35 bits per heavy atom. The van der Waals surface area contributed by atoms with E-state index in [0.29, 0.717) is 5.89 Å². The molecule has 0 bridgehead atoms. The van der Waals surface area contributed by atoms with Crippen LogP contribution in [0.4, 0.5) is 13.2 Å². The Balaban J connectivity index is 2.28. The fourth-order valence-electron chi connectivity index (χ4n) is 1.76. The summed E-state index contributed by atoms with van der Waals surface area (Å²) >= 11 is 0. The molecule has 1 N–H and O–H groups in total. The SMILES string of the molecule is CCNC(C)c1nc(-c2cccc(C(F)(F)F)c2)no1. The zero-order chi connectivity index (χ0) is 14.8. The van der Waals surface area contributed by atoms with Crippen molar-refractivity contribution in [1.29, 1.82) is 0 Å². The van der Waals surface area contributed by atoms with Gasteiger partial charge in [-0.15, -0.1) is 0 Å². The molecule has 1 heterocycles. The smallest absolute Gasteiger partial charge is 0.337 e. The first-order valence-electron chi connectivity index (χ1n) is 6.16. The summed E-state index contributed by atoms with van der Waals surface area (Å²) in [6.45, 7) is 4.50. The van der Waals surface area contributed by atoms with E-state index in [1.807, 2.05) is 13.8 Å². The van der Waals surface area contributed by atoms with Crippen LogP contribution >= 0.6 is 0 Å². The standard InChI is InChI=1S/C13H14F3N3O/c1-3-17-8(2)12-18-11(19-20-12)9-5-4-6-10(7-9)13(14,15)16/h4-8,17H,3H2,1-2H3. The van der Waals surface area contributed by atoms with Crippen molar-refractivity contribution in [3.63, 3.8) is 0 Å². The van der Waals surface area contributed by atoms with Crippen LogP contribution < -0.4 is 5.32 Å². The van der Waals surface area contributed by atoms with E-state index in [9.17, 15) is 13.2 Å². The first-order chi connectivity index (χ1) is 9.41. The number of aromatic nitrogens is 2. The summed E-state index contributed by atoms with van der Waals surface area (Å²) in [5.41, 5.74) is -0.459. The van der Waals surface area contributed by atoms with E-state index in [1.54, 1.807) is 0 Å². The van der Waals surface area contributed by atoms with Gasteiger partial charge in [-0.05, 0) is 25.6 Å². The molecule has 0 aliphatic heterocycles. The molecule has 108 valence electrons. The van der Waals surface area contributed by atoms with Gasteiger partial charge in [0.05, 0.1) is 11.6 Å². The Morgan fingerprint density at radius 3 is 2.75 bits per heavy atom. The normalized spacial score (nSPS) is 13.4. The number of alkyl halides is 3. The van der Waals surface area contributed by atoms with Gasteiger partial charge < -0.3 is 9.84 Å². The molecule has 7 heteroatoms.